The van der Waals surface area contributed by atoms with Crippen LogP contribution in [0.25, 0.3) is 0 Å². The number of carbonyl (C=O) groups is 3. The third kappa shape index (κ3) is 6.72. The van der Waals surface area contributed by atoms with Gasteiger partial charge in [-0.15, -0.1) is 0 Å². The second kappa shape index (κ2) is 12.0. The van der Waals surface area contributed by atoms with Crippen molar-refractivity contribution in [2.45, 2.75) is 38.1 Å². The van der Waals surface area contributed by atoms with E-state index in [2.05, 4.69) is 16.0 Å². The SMILES string of the molecule is CN(C(=O)c1ccc(NCC(=O)Nc2cccc(C(=O)NC3CCCCC3)c2)cc1)c1ccccc1. The quantitative estimate of drug-likeness (QED) is 0.416. The molecule has 1 aliphatic rings. The Morgan fingerprint density at radius 1 is 0.806 bits per heavy atom. The first-order valence-corrected chi connectivity index (χ1v) is 12.4. The van der Waals surface area contributed by atoms with Crippen molar-refractivity contribution in [2.75, 3.05) is 29.1 Å². The van der Waals surface area contributed by atoms with Gasteiger partial charge in [0.25, 0.3) is 11.8 Å². The minimum Gasteiger partial charge on any atom is -0.376 e. The first kappa shape index (κ1) is 25.0. The van der Waals surface area contributed by atoms with Crippen molar-refractivity contribution in [3.05, 3.63) is 90.0 Å². The molecule has 1 aliphatic carbocycles. The maximum Gasteiger partial charge on any atom is 0.258 e. The van der Waals surface area contributed by atoms with E-state index in [9.17, 15) is 14.4 Å². The summed E-state index contributed by atoms with van der Waals surface area (Å²) in [5, 5.41) is 9.00. The standard InChI is InChI=1S/C29H32N4O3/c1-33(26-13-6-3-7-14-26)29(36)21-15-17-23(18-16-21)30-20-27(34)31-25-12-8-9-22(19-25)28(35)32-24-10-4-2-5-11-24/h3,6-9,12-19,24,30H,2,4-5,10-11,20H2,1H3,(H,31,34)(H,32,35). The van der Waals surface area contributed by atoms with E-state index in [0.717, 1.165) is 37.1 Å². The summed E-state index contributed by atoms with van der Waals surface area (Å²) in [7, 11) is 1.74. The summed E-state index contributed by atoms with van der Waals surface area (Å²) < 4.78 is 0. The smallest absolute Gasteiger partial charge is 0.258 e. The predicted molar refractivity (Wildman–Crippen MR) is 144 cm³/mol. The van der Waals surface area contributed by atoms with Gasteiger partial charge in [-0.25, -0.2) is 0 Å². The molecule has 3 aromatic rings. The van der Waals surface area contributed by atoms with Crippen molar-refractivity contribution in [3.63, 3.8) is 0 Å². The Bertz CT molecular complexity index is 1190. The normalized spacial score (nSPS) is 13.5. The third-order valence-electron chi connectivity index (χ3n) is 6.38. The van der Waals surface area contributed by atoms with Crippen molar-refractivity contribution in [2.24, 2.45) is 0 Å². The van der Waals surface area contributed by atoms with Crippen molar-refractivity contribution in [3.8, 4) is 0 Å². The molecule has 7 heteroatoms. The summed E-state index contributed by atoms with van der Waals surface area (Å²) in [6, 6.07) is 23.7. The van der Waals surface area contributed by atoms with Crippen molar-refractivity contribution in [1.82, 2.24) is 5.32 Å². The Morgan fingerprint density at radius 2 is 1.53 bits per heavy atom. The zero-order chi connectivity index (χ0) is 25.3. The van der Waals surface area contributed by atoms with E-state index in [4.69, 9.17) is 0 Å². The fraction of sp³-hybridized carbons (Fsp3) is 0.276. The molecule has 186 valence electrons. The number of amides is 3. The van der Waals surface area contributed by atoms with E-state index in [1.165, 1.54) is 6.42 Å². The number of hydrogen-bond donors (Lipinski definition) is 3. The third-order valence-corrected chi connectivity index (χ3v) is 6.38. The van der Waals surface area contributed by atoms with Gasteiger partial charge in [0, 0.05) is 41.3 Å². The number of benzene rings is 3. The largest absolute Gasteiger partial charge is 0.376 e. The molecule has 36 heavy (non-hydrogen) atoms. The van der Waals surface area contributed by atoms with Gasteiger partial charge in [0.05, 0.1) is 6.54 Å². The number of nitrogens with zero attached hydrogens (tertiary/aromatic N) is 1. The van der Waals surface area contributed by atoms with E-state index in [0.29, 0.717) is 16.8 Å². The first-order chi connectivity index (χ1) is 17.5. The molecule has 1 saturated carbocycles. The summed E-state index contributed by atoms with van der Waals surface area (Å²) in [5.74, 6) is -0.453. The number of carbonyl (C=O) groups excluding carboxylic acids is 3. The van der Waals surface area contributed by atoms with E-state index in [1.807, 2.05) is 30.3 Å². The van der Waals surface area contributed by atoms with Gasteiger partial charge in [-0.2, -0.15) is 0 Å². The maximum absolute atomic E-state index is 12.7. The number of hydrogen-bond acceptors (Lipinski definition) is 4. The zero-order valence-corrected chi connectivity index (χ0v) is 20.5. The van der Waals surface area contributed by atoms with Crippen molar-refractivity contribution < 1.29 is 14.4 Å². The van der Waals surface area contributed by atoms with Gasteiger partial charge in [-0.1, -0.05) is 43.5 Å². The highest BCUT2D eigenvalue weighted by Crippen LogP contribution is 2.19. The number of rotatable bonds is 8. The van der Waals surface area contributed by atoms with Crippen LogP contribution >= 0.6 is 0 Å². The molecule has 0 aliphatic heterocycles. The highest BCUT2D eigenvalue weighted by molar-refractivity contribution is 6.06. The van der Waals surface area contributed by atoms with Crippen LogP contribution in [-0.2, 0) is 4.79 Å². The number of nitrogens with one attached hydrogen (secondary N) is 3. The average Bonchev–Trinajstić information content (AvgIpc) is 2.92. The molecule has 1 fully saturated rings. The second-order valence-corrected chi connectivity index (χ2v) is 9.07. The van der Waals surface area contributed by atoms with E-state index in [-0.39, 0.29) is 30.3 Å². The molecule has 4 rings (SSSR count). The molecule has 3 amide bonds. The Labute approximate surface area is 211 Å². The van der Waals surface area contributed by atoms with Crippen molar-refractivity contribution >= 4 is 34.8 Å². The Hall–Kier alpha value is -4.13. The van der Waals surface area contributed by atoms with Crippen LogP contribution in [0.2, 0.25) is 0 Å². The highest BCUT2D eigenvalue weighted by atomic mass is 16.2. The van der Waals surface area contributed by atoms with Crippen LogP contribution in [0, 0.1) is 0 Å². The van der Waals surface area contributed by atoms with Gasteiger partial charge in [0.2, 0.25) is 5.91 Å². The lowest BCUT2D eigenvalue weighted by Gasteiger charge is -2.22. The van der Waals surface area contributed by atoms with Gasteiger partial charge in [-0.05, 0) is 67.4 Å². The number of anilines is 3. The molecule has 7 nitrogen and oxygen atoms in total. The van der Waals surface area contributed by atoms with Gasteiger partial charge < -0.3 is 20.9 Å². The van der Waals surface area contributed by atoms with E-state index in [1.54, 1.807) is 60.5 Å². The van der Waals surface area contributed by atoms with Crippen molar-refractivity contribution in [1.29, 1.82) is 0 Å². The highest BCUT2D eigenvalue weighted by Gasteiger charge is 2.17. The van der Waals surface area contributed by atoms with Gasteiger partial charge in [0.15, 0.2) is 0 Å². The molecule has 0 atom stereocenters. The molecular formula is C29H32N4O3. The van der Waals surface area contributed by atoms with Crippen LogP contribution in [0.4, 0.5) is 17.1 Å². The second-order valence-electron chi connectivity index (χ2n) is 9.07. The molecular weight excluding hydrogens is 452 g/mol. The zero-order valence-electron chi connectivity index (χ0n) is 20.5. The molecule has 0 radical (unpaired) electrons. The first-order valence-electron chi connectivity index (χ1n) is 12.4. The Kier molecular flexibility index (Phi) is 8.34. The molecule has 0 heterocycles. The average molecular weight is 485 g/mol. The van der Waals surface area contributed by atoms with Crippen LogP contribution in [0.3, 0.4) is 0 Å². The molecule has 0 saturated heterocycles. The van der Waals surface area contributed by atoms with Crippen LogP contribution < -0.4 is 20.9 Å². The molecule has 0 unspecified atom stereocenters. The minimum atomic E-state index is -0.233. The number of para-hydroxylation sites is 1. The van der Waals surface area contributed by atoms with Gasteiger partial charge in [-0.3, -0.25) is 14.4 Å². The van der Waals surface area contributed by atoms with Gasteiger partial charge >= 0.3 is 0 Å². The fourth-order valence-corrected chi connectivity index (χ4v) is 4.33. The van der Waals surface area contributed by atoms with E-state index < -0.39 is 0 Å². The van der Waals surface area contributed by atoms with Gasteiger partial charge in [0.1, 0.15) is 0 Å². The summed E-state index contributed by atoms with van der Waals surface area (Å²) in [4.78, 5) is 39.4. The fourth-order valence-electron chi connectivity index (χ4n) is 4.33. The van der Waals surface area contributed by atoms with Crippen LogP contribution in [0.1, 0.15) is 52.8 Å². The summed E-state index contributed by atoms with van der Waals surface area (Å²) in [6.45, 7) is 0.0513. The predicted octanol–water partition coefficient (Wildman–Crippen LogP) is 5.08. The molecule has 3 aromatic carbocycles. The van der Waals surface area contributed by atoms with Crippen LogP contribution in [0.15, 0.2) is 78.9 Å². The summed E-state index contributed by atoms with van der Waals surface area (Å²) >= 11 is 0. The Balaban J connectivity index is 1.27. The lowest BCUT2D eigenvalue weighted by atomic mass is 9.95. The Morgan fingerprint density at radius 3 is 2.25 bits per heavy atom. The minimum absolute atomic E-state index is 0.0513. The maximum atomic E-state index is 12.7. The molecule has 3 N–H and O–H groups in total. The van der Waals surface area contributed by atoms with Crippen LogP contribution in [-0.4, -0.2) is 37.4 Å². The topological polar surface area (TPSA) is 90.5 Å². The van der Waals surface area contributed by atoms with E-state index >= 15 is 0 Å². The lowest BCUT2D eigenvalue weighted by molar-refractivity contribution is -0.114. The molecule has 0 bridgehead atoms. The lowest BCUT2D eigenvalue weighted by Crippen LogP contribution is -2.36. The van der Waals surface area contributed by atoms with Crippen LogP contribution in [0.5, 0.6) is 0 Å². The summed E-state index contributed by atoms with van der Waals surface area (Å²) in [5.41, 5.74) is 3.20. The monoisotopic (exact) mass is 484 g/mol. The molecule has 0 spiro atoms. The summed E-state index contributed by atoms with van der Waals surface area (Å²) in [6.07, 6.45) is 5.57. The molecule has 0 aromatic heterocycles.